The molecular weight excluding hydrogens is 304 g/mol. The van der Waals surface area contributed by atoms with E-state index in [1.54, 1.807) is 0 Å². The minimum atomic E-state index is -0.550. The van der Waals surface area contributed by atoms with Gasteiger partial charge in [-0.1, -0.05) is 60.7 Å². The number of hydrogen-bond donors (Lipinski definition) is 0. The average Bonchev–Trinajstić information content (AvgIpc) is 3.11. The van der Waals surface area contributed by atoms with Gasteiger partial charge in [0.2, 0.25) is 0 Å². The van der Waals surface area contributed by atoms with Crippen molar-refractivity contribution in [2.24, 2.45) is 0 Å². The van der Waals surface area contributed by atoms with E-state index >= 15 is 0 Å². The lowest BCUT2D eigenvalue weighted by Crippen LogP contribution is -2.32. The minimum absolute atomic E-state index is 0. The number of nitrogens with zero attached hydrogens (tertiary/aromatic N) is 2. The van der Waals surface area contributed by atoms with Crippen molar-refractivity contribution >= 4 is 12.4 Å². The van der Waals surface area contributed by atoms with E-state index in [0.29, 0.717) is 0 Å². The number of hydrogen-bond acceptors (Lipinski definition) is 2. The van der Waals surface area contributed by atoms with Crippen molar-refractivity contribution < 1.29 is 0 Å². The summed E-state index contributed by atoms with van der Waals surface area (Å²) in [5.41, 5.74) is 1.65. The second-order valence-corrected chi connectivity index (χ2v) is 6.05. The zero-order valence-electron chi connectivity index (χ0n) is 13.3. The summed E-state index contributed by atoms with van der Waals surface area (Å²) >= 11 is 0. The third-order valence-electron chi connectivity index (χ3n) is 4.73. The largest absolute Gasteiger partial charge is 0.303 e. The van der Waals surface area contributed by atoms with Crippen LogP contribution in [-0.4, -0.2) is 24.5 Å². The van der Waals surface area contributed by atoms with Crippen molar-refractivity contribution in [1.29, 1.82) is 5.26 Å². The highest BCUT2D eigenvalue weighted by Crippen LogP contribution is 2.35. The summed E-state index contributed by atoms with van der Waals surface area (Å²) in [4.78, 5) is 2.48. The highest BCUT2D eigenvalue weighted by Gasteiger charge is 2.34. The van der Waals surface area contributed by atoms with Gasteiger partial charge in [0.05, 0.1) is 6.07 Å². The first kappa shape index (κ1) is 17.5. The molecule has 1 saturated heterocycles. The minimum Gasteiger partial charge on any atom is -0.303 e. The van der Waals surface area contributed by atoms with Crippen molar-refractivity contribution in [2.75, 3.05) is 19.6 Å². The van der Waals surface area contributed by atoms with Gasteiger partial charge in [-0.05, 0) is 43.5 Å². The lowest BCUT2D eigenvalue weighted by molar-refractivity contribution is 0.315. The maximum atomic E-state index is 10.1. The van der Waals surface area contributed by atoms with Gasteiger partial charge in [0.25, 0.3) is 0 Å². The molecule has 120 valence electrons. The first-order valence-electron chi connectivity index (χ1n) is 8.10. The predicted molar refractivity (Wildman–Crippen MR) is 96.8 cm³/mol. The molecule has 0 amide bonds. The summed E-state index contributed by atoms with van der Waals surface area (Å²) in [6.07, 6.45) is 3.42. The molecule has 1 heterocycles. The van der Waals surface area contributed by atoms with Gasteiger partial charge in [-0.25, -0.2) is 0 Å². The van der Waals surface area contributed by atoms with E-state index < -0.39 is 5.41 Å². The first-order valence-corrected chi connectivity index (χ1v) is 8.10. The summed E-state index contributed by atoms with van der Waals surface area (Å²) in [7, 11) is 0. The SMILES string of the molecule is Cl.N#CC(CCN1CCCC1)(c1ccccc1)c1ccccc1. The maximum absolute atomic E-state index is 10.1. The lowest BCUT2D eigenvalue weighted by Gasteiger charge is -2.30. The number of nitriles is 1. The molecule has 1 fully saturated rings. The Kier molecular flexibility index (Phi) is 6.21. The number of halogens is 1. The van der Waals surface area contributed by atoms with E-state index in [1.807, 2.05) is 36.4 Å². The molecule has 0 spiro atoms. The summed E-state index contributed by atoms with van der Waals surface area (Å²) in [6, 6.07) is 23.1. The summed E-state index contributed by atoms with van der Waals surface area (Å²) in [5.74, 6) is 0. The standard InChI is InChI=1S/C20H22N2.ClH/c21-17-20(18-9-3-1-4-10-18,19-11-5-2-6-12-19)13-16-22-14-7-8-15-22;/h1-6,9-12H,7-8,13-16H2;1H. The molecule has 0 aliphatic carbocycles. The summed E-state index contributed by atoms with van der Waals surface area (Å²) in [5, 5.41) is 10.1. The lowest BCUT2D eigenvalue weighted by atomic mass is 9.73. The van der Waals surface area contributed by atoms with E-state index in [9.17, 15) is 5.26 Å². The summed E-state index contributed by atoms with van der Waals surface area (Å²) < 4.78 is 0. The molecule has 23 heavy (non-hydrogen) atoms. The number of rotatable bonds is 5. The molecule has 0 unspecified atom stereocenters. The van der Waals surface area contributed by atoms with Gasteiger partial charge in [-0.2, -0.15) is 5.26 Å². The molecule has 3 heteroatoms. The van der Waals surface area contributed by atoms with Crippen molar-refractivity contribution in [2.45, 2.75) is 24.7 Å². The Morgan fingerprint density at radius 1 is 0.870 bits per heavy atom. The third kappa shape index (κ3) is 3.75. The highest BCUT2D eigenvalue weighted by atomic mass is 35.5. The zero-order chi connectivity index (χ0) is 15.3. The van der Waals surface area contributed by atoms with Crippen LogP contribution in [0.25, 0.3) is 0 Å². The van der Waals surface area contributed by atoms with Crippen molar-refractivity contribution in [1.82, 2.24) is 4.90 Å². The van der Waals surface area contributed by atoms with Crippen LogP contribution in [0.4, 0.5) is 0 Å². The average molecular weight is 327 g/mol. The molecule has 0 N–H and O–H groups in total. The van der Waals surface area contributed by atoms with E-state index in [1.165, 1.54) is 25.9 Å². The maximum Gasteiger partial charge on any atom is 0.108 e. The predicted octanol–water partition coefficient (Wildman–Crippen LogP) is 4.40. The normalized spacial score (nSPS) is 14.9. The topological polar surface area (TPSA) is 27.0 Å². The Morgan fingerprint density at radius 2 is 1.35 bits per heavy atom. The van der Waals surface area contributed by atoms with Crippen LogP contribution in [0, 0.1) is 11.3 Å². The smallest absolute Gasteiger partial charge is 0.108 e. The van der Waals surface area contributed by atoms with Gasteiger partial charge in [0.1, 0.15) is 5.41 Å². The Hall–Kier alpha value is -1.82. The molecule has 0 atom stereocenters. The van der Waals surface area contributed by atoms with Gasteiger partial charge in [0, 0.05) is 6.54 Å². The van der Waals surface area contributed by atoms with Crippen molar-refractivity contribution in [3.05, 3.63) is 71.8 Å². The third-order valence-corrected chi connectivity index (χ3v) is 4.73. The molecule has 2 aromatic rings. The van der Waals surface area contributed by atoms with Crippen molar-refractivity contribution in [3.63, 3.8) is 0 Å². The molecule has 1 aliphatic rings. The van der Waals surface area contributed by atoms with Crippen LogP contribution < -0.4 is 0 Å². The van der Waals surface area contributed by atoms with E-state index in [2.05, 4.69) is 35.2 Å². The van der Waals surface area contributed by atoms with E-state index in [-0.39, 0.29) is 12.4 Å². The molecule has 2 aromatic carbocycles. The van der Waals surface area contributed by atoms with Crippen LogP contribution in [0.1, 0.15) is 30.4 Å². The molecule has 0 aromatic heterocycles. The zero-order valence-corrected chi connectivity index (χ0v) is 14.1. The first-order chi connectivity index (χ1) is 10.8. The van der Waals surface area contributed by atoms with Crippen molar-refractivity contribution in [3.8, 4) is 6.07 Å². The fraction of sp³-hybridized carbons (Fsp3) is 0.350. The van der Waals surface area contributed by atoms with Gasteiger partial charge < -0.3 is 4.90 Å². The van der Waals surface area contributed by atoms with E-state index in [0.717, 1.165) is 24.1 Å². The van der Waals surface area contributed by atoms with Crippen LogP contribution in [0.15, 0.2) is 60.7 Å². The van der Waals surface area contributed by atoms with Crippen LogP contribution in [0.5, 0.6) is 0 Å². The van der Waals surface area contributed by atoms with Crippen LogP contribution in [0.3, 0.4) is 0 Å². The van der Waals surface area contributed by atoms with E-state index in [4.69, 9.17) is 0 Å². The van der Waals surface area contributed by atoms with Crippen LogP contribution in [-0.2, 0) is 5.41 Å². The number of likely N-dealkylation sites (tertiary alicyclic amines) is 1. The highest BCUT2D eigenvalue weighted by molar-refractivity contribution is 5.85. The molecule has 1 aliphatic heterocycles. The van der Waals surface area contributed by atoms with Gasteiger partial charge in [-0.15, -0.1) is 12.4 Å². The second-order valence-electron chi connectivity index (χ2n) is 6.05. The molecule has 2 nitrogen and oxygen atoms in total. The quantitative estimate of drug-likeness (QED) is 0.814. The molecule has 0 radical (unpaired) electrons. The second kappa shape index (κ2) is 8.15. The fourth-order valence-corrected chi connectivity index (χ4v) is 3.42. The molecule has 3 rings (SSSR count). The Morgan fingerprint density at radius 3 is 1.78 bits per heavy atom. The number of benzene rings is 2. The summed E-state index contributed by atoms with van der Waals surface area (Å²) in [6.45, 7) is 3.33. The Bertz CT molecular complexity index is 588. The Balaban J connectivity index is 0.00000192. The monoisotopic (exact) mass is 326 g/mol. The molecule has 0 saturated carbocycles. The molecule has 0 bridgehead atoms. The van der Waals surface area contributed by atoms with Gasteiger partial charge >= 0.3 is 0 Å². The Labute approximate surface area is 145 Å². The molecular formula is C20H23ClN2. The van der Waals surface area contributed by atoms with Gasteiger partial charge in [-0.3, -0.25) is 0 Å². The van der Waals surface area contributed by atoms with Crippen LogP contribution in [0.2, 0.25) is 0 Å². The van der Waals surface area contributed by atoms with Gasteiger partial charge in [0.15, 0.2) is 0 Å². The van der Waals surface area contributed by atoms with Crippen LogP contribution >= 0.6 is 12.4 Å². The fourth-order valence-electron chi connectivity index (χ4n) is 3.42.